The average molecular weight is 278 g/mol. The number of nitrogens with zero attached hydrogens (tertiary/aromatic N) is 1. The maximum absolute atomic E-state index is 5.94. The van der Waals surface area contributed by atoms with Gasteiger partial charge in [0.1, 0.15) is 11.5 Å². The maximum atomic E-state index is 5.94. The lowest BCUT2D eigenvalue weighted by molar-refractivity contribution is 0.648. The number of aromatic amines is 1. The average Bonchev–Trinajstić information content (AvgIpc) is 3.17. The summed E-state index contributed by atoms with van der Waals surface area (Å²) >= 11 is 0. The third-order valence-electron chi connectivity index (χ3n) is 4.21. The predicted molar refractivity (Wildman–Crippen MR) is 85.9 cm³/mol. The molecule has 4 heteroatoms. The lowest BCUT2D eigenvalue weighted by Gasteiger charge is -2.13. The van der Waals surface area contributed by atoms with Crippen molar-refractivity contribution in [2.75, 3.05) is 12.3 Å². The van der Waals surface area contributed by atoms with Crippen molar-refractivity contribution in [3.63, 3.8) is 0 Å². The van der Waals surface area contributed by atoms with Crippen LogP contribution in [-0.4, -0.2) is 16.5 Å². The van der Waals surface area contributed by atoms with Crippen molar-refractivity contribution in [1.82, 2.24) is 15.3 Å². The number of hydrogen-bond acceptors (Lipinski definition) is 3. The molecule has 21 heavy (non-hydrogen) atoms. The van der Waals surface area contributed by atoms with E-state index >= 15 is 0 Å². The van der Waals surface area contributed by atoms with Crippen LogP contribution in [0.3, 0.4) is 0 Å². The Morgan fingerprint density at radius 2 is 2.14 bits per heavy atom. The zero-order valence-corrected chi connectivity index (χ0v) is 11.8. The van der Waals surface area contributed by atoms with Gasteiger partial charge in [-0.25, -0.2) is 4.98 Å². The maximum Gasteiger partial charge on any atom is 0.140 e. The van der Waals surface area contributed by atoms with Gasteiger partial charge in [-0.2, -0.15) is 0 Å². The number of pyridine rings is 1. The van der Waals surface area contributed by atoms with Crippen LogP contribution >= 0.6 is 0 Å². The molecule has 1 aliphatic heterocycles. The van der Waals surface area contributed by atoms with Gasteiger partial charge in [0.05, 0.1) is 0 Å². The monoisotopic (exact) mass is 278 g/mol. The Bertz CT molecular complexity index is 784. The van der Waals surface area contributed by atoms with E-state index < -0.39 is 0 Å². The summed E-state index contributed by atoms with van der Waals surface area (Å²) in [5.74, 6) is 0.546. The summed E-state index contributed by atoms with van der Waals surface area (Å²) in [5.41, 5.74) is 10.5. The van der Waals surface area contributed by atoms with E-state index in [0.29, 0.717) is 11.9 Å². The van der Waals surface area contributed by atoms with Crippen LogP contribution in [-0.2, 0) is 0 Å². The Labute approximate surface area is 123 Å². The Balaban J connectivity index is 1.84. The van der Waals surface area contributed by atoms with E-state index in [9.17, 15) is 0 Å². The summed E-state index contributed by atoms with van der Waals surface area (Å²) < 4.78 is 0. The van der Waals surface area contributed by atoms with Crippen molar-refractivity contribution in [3.05, 3.63) is 48.2 Å². The number of hydrogen-bond donors (Lipinski definition) is 3. The fourth-order valence-corrected chi connectivity index (χ4v) is 3.19. The van der Waals surface area contributed by atoms with Gasteiger partial charge in [0.2, 0.25) is 0 Å². The van der Waals surface area contributed by atoms with Gasteiger partial charge in [0, 0.05) is 17.6 Å². The molecule has 0 amide bonds. The quantitative estimate of drug-likeness (QED) is 0.674. The number of H-pyrrole nitrogens is 1. The lowest BCUT2D eigenvalue weighted by Crippen LogP contribution is -2.12. The number of rotatable bonds is 2. The molecule has 1 unspecified atom stereocenters. The second-order valence-corrected chi connectivity index (χ2v) is 5.61. The van der Waals surface area contributed by atoms with Crippen LogP contribution in [0.5, 0.6) is 0 Å². The Morgan fingerprint density at radius 1 is 1.19 bits per heavy atom. The van der Waals surface area contributed by atoms with E-state index in [1.54, 1.807) is 0 Å². The van der Waals surface area contributed by atoms with Gasteiger partial charge in [0.15, 0.2) is 0 Å². The normalized spacial score (nSPS) is 18.4. The van der Waals surface area contributed by atoms with Crippen molar-refractivity contribution in [3.8, 4) is 11.1 Å². The van der Waals surface area contributed by atoms with Gasteiger partial charge in [-0.3, -0.25) is 0 Å². The van der Waals surface area contributed by atoms with Gasteiger partial charge >= 0.3 is 0 Å². The first-order valence-electron chi connectivity index (χ1n) is 7.38. The molecule has 0 aliphatic carbocycles. The van der Waals surface area contributed by atoms with Crippen molar-refractivity contribution in [2.24, 2.45) is 0 Å². The molecule has 1 fully saturated rings. The van der Waals surface area contributed by atoms with Crippen LogP contribution in [0.1, 0.15) is 24.4 Å². The molecule has 0 saturated carbocycles. The summed E-state index contributed by atoms with van der Waals surface area (Å²) in [5, 5.41) is 4.66. The van der Waals surface area contributed by atoms with Crippen LogP contribution in [0, 0.1) is 0 Å². The number of nitrogens with two attached hydrogens (primary N) is 1. The summed E-state index contributed by atoms with van der Waals surface area (Å²) in [6.07, 6.45) is 4.36. The molecular formula is C17H18N4. The molecule has 1 saturated heterocycles. The molecule has 2 aromatic heterocycles. The first kappa shape index (κ1) is 12.4. The molecule has 0 spiro atoms. The molecule has 4 rings (SSSR count). The summed E-state index contributed by atoms with van der Waals surface area (Å²) in [7, 11) is 0. The van der Waals surface area contributed by atoms with Crippen molar-refractivity contribution < 1.29 is 0 Å². The Morgan fingerprint density at radius 3 is 3.00 bits per heavy atom. The summed E-state index contributed by atoms with van der Waals surface area (Å²) in [6.45, 7) is 1.11. The van der Waals surface area contributed by atoms with Gasteiger partial charge in [-0.15, -0.1) is 0 Å². The number of anilines is 1. The molecule has 3 heterocycles. The standard InChI is InChI=1S/C17H18N4/c18-16-10-14(13-6-8-20-17(13)21-16)11-3-1-4-12(9-11)15-5-2-7-19-15/h1,3-4,6,8-10,15,19H,2,5,7H2,(H3,18,20,21). The van der Waals surface area contributed by atoms with Crippen LogP contribution < -0.4 is 11.1 Å². The van der Waals surface area contributed by atoms with E-state index in [1.165, 1.54) is 24.0 Å². The highest BCUT2D eigenvalue weighted by Gasteiger charge is 2.17. The van der Waals surface area contributed by atoms with Gasteiger partial charge in [0.25, 0.3) is 0 Å². The highest BCUT2D eigenvalue weighted by atomic mass is 14.9. The number of nitrogens with one attached hydrogen (secondary N) is 2. The molecule has 1 aromatic carbocycles. The Kier molecular flexibility index (Phi) is 2.89. The first-order valence-corrected chi connectivity index (χ1v) is 7.38. The molecule has 1 atom stereocenters. The Hall–Kier alpha value is -2.33. The van der Waals surface area contributed by atoms with Gasteiger partial charge < -0.3 is 16.0 Å². The number of aromatic nitrogens is 2. The van der Waals surface area contributed by atoms with E-state index in [-0.39, 0.29) is 0 Å². The van der Waals surface area contributed by atoms with E-state index in [1.807, 2.05) is 12.3 Å². The second-order valence-electron chi connectivity index (χ2n) is 5.61. The topological polar surface area (TPSA) is 66.7 Å². The fraction of sp³-hybridized carbons (Fsp3) is 0.235. The van der Waals surface area contributed by atoms with Crippen LogP contribution in [0.4, 0.5) is 5.82 Å². The van der Waals surface area contributed by atoms with Crippen LogP contribution in [0.2, 0.25) is 0 Å². The van der Waals surface area contributed by atoms with Crippen molar-refractivity contribution in [1.29, 1.82) is 0 Å². The molecular weight excluding hydrogens is 260 g/mol. The fourth-order valence-electron chi connectivity index (χ4n) is 3.19. The lowest BCUT2D eigenvalue weighted by atomic mass is 9.97. The third-order valence-corrected chi connectivity index (χ3v) is 4.21. The molecule has 3 aromatic rings. The molecule has 4 nitrogen and oxygen atoms in total. The smallest absolute Gasteiger partial charge is 0.140 e. The molecule has 0 bridgehead atoms. The van der Waals surface area contributed by atoms with Crippen molar-refractivity contribution in [2.45, 2.75) is 18.9 Å². The van der Waals surface area contributed by atoms with Crippen LogP contribution in [0.15, 0.2) is 42.6 Å². The van der Waals surface area contributed by atoms with Gasteiger partial charge in [-0.05, 0) is 54.3 Å². The minimum Gasteiger partial charge on any atom is -0.384 e. The molecule has 4 N–H and O–H groups in total. The van der Waals surface area contributed by atoms with E-state index in [4.69, 9.17) is 5.73 Å². The summed E-state index contributed by atoms with van der Waals surface area (Å²) in [6, 6.07) is 13.2. The molecule has 1 aliphatic rings. The largest absolute Gasteiger partial charge is 0.384 e. The number of benzene rings is 1. The zero-order chi connectivity index (χ0) is 14.2. The summed E-state index contributed by atoms with van der Waals surface area (Å²) in [4.78, 5) is 7.47. The number of fused-ring (bicyclic) bond motifs is 1. The zero-order valence-electron chi connectivity index (χ0n) is 11.8. The molecule has 0 radical (unpaired) electrons. The minimum absolute atomic E-state index is 0.478. The highest BCUT2D eigenvalue weighted by Crippen LogP contribution is 2.32. The SMILES string of the molecule is Nc1cc(-c2cccc(C3CCCN3)c2)c2cc[nH]c2n1. The second kappa shape index (κ2) is 4.90. The van der Waals surface area contributed by atoms with Gasteiger partial charge in [-0.1, -0.05) is 18.2 Å². The first-order chi connectivity index (χ1) is 10.3. The van der Waals surface area contributed by atoms with Crippen LogP contribution in [0.25, 0.3) is 22.2 Å². The minimum atomic E-state index is 0.478. The van der Waals surface area contributed by atoms with Crippen molar-refractivity contribution >= 4 is 16.9 Å². The molecule has 106 valence electrons. The predicted octanol–water partition coefficient (Wildman–Crippen LogP) is 3.24. The number of nitrogen functional groups attached to an aromatic ring is 1. The van der Waals surface area contributed by atoms with E-state index in [2.05, 4.69) is 45.6 Å². The third kappa shape index (κ3) is 2.17. The van der Waals surface area contributed by atoms with E-state index in [0.717, 1.165) is 23.1 Å². The highest BCUT2D eigenvalue weighted by molar-refractivity contribution is 5.94.